The van der Waals surface area contributed by atoms with Crippen LogP contribution in [0.2, 0.25) is 0 Å². The Morgan fingerprint density at radius 3 is 2.64 bits per heavy atom. The number of nitrogens with zero attached hydrogens (tertiary/aromatic N) is 3. The Balaban J connectivity index is 1.33. The number of ether oxygens (including phenoxy) is 1. The molecule has 0 unspecified atom stereocenters. The number of carbonyl (C=O) groups is 3. The quantitative estimate of drug-likeness (QED) is 0.396. The van der Waals surface area contributed by atoms with E-state index in [0.717, 1.165) is 5.69 Å². The third-order valence-corrected chi connectivity index (χ3v) is 6.54. The first-order valence-corrected chi connectivity index (χ1v) is 12.7. The lowest BCUT2D eigenvalue weighted by molar-refractivity contribution is -0.131. The van der Waals surface area contributed by atoms with E-state index >= 15 is 0 Å². The van der Waals surface area contributed by atoms with E-state index in [1.807, 2.05) is 72.8 Å². The molecule has 2 aliphatic heterocycles. The molecule has 0 spiro atoms. The minimum Gasteiger partial charge on any atom is -0.457 e. The van der Waals surface area contributed by atoms with Crippen LogP contribution in [0.4, 0.5) is 4.79 Å². The fourth-order valence-electron chi connectivity index (χ4n) is 4.74. The Bertz CT molecular complexity index is 1410. The van der Waals surface area contributed by atoms with Crippen molar-refractivity contribution in [2.45, 2.75) is 12.5 Å². The van der Waals surface area contributed by atoms with Crippen molar-refractivity contribution >= 4 is 17.8 Å². The van der Waals surface area contributed by atoms with Gasteiger partial charge in [0, 0.05) is 31.4 Å². The SMILES string of the molecule is C=CCN1C(=O)N[C@@H](c2cccc(Oc3ccccc3)c2)C2=C1CN(CC(=O)NCCc1ccccn1)C2=O. The van der Waals surface area contributed by atoms with Crippen LogP contribution in [0.25, 0.3) is 0 Å². The van der Waals surface area contributed by atoms with Crippen molar-refractivity contribution in [1.29, 1.82) is 0 Å². The normalized spacial score (nSPS) is 16.6. The topological polar surface area (TPSA) is 104 Å². The van der Waals surface area contributed by atoms with Crippen LogP contribution >= 0.6 is 0 Å². The van der Waals surface area contributed by atoms with Gasteiger partial charge in [-0.25, -0.2) is 4.79 Å². The van der Waals surface area contributed by atoms with Crippen LogP contribution in [0, 0.1) is 0 Å². The Labute approximate surface area is 226 Å². The van der Waals surface area contributed by atoms with E-state index in [4.69, 9.17) is 4.74 Å². The van der Waals surface area contributed by atoms with Gasteiger partial charge in [0.1, 0.15) is 18.0 Å². The van der Waals surface area contributed by atoms with Gasteiger partial charge in [-0.1, -0.05) is 42.5 Å². The van der Waals surface area contributed by atoms with Gasteiger partial charge < -0.3 is 20.3 Å². The van der Waals surface area contributed by atoms with Gasteiger partial charge in [-0.3, -0.25) is 19.5 Å². The number of carbonyl (C=O) groups excluding carboxylic acids is 3. The predicted molar refractivity (Wildman–Crippen MR) is 146 cm³/mol. The summed E-state index contributed by atoms with van der Waals surface area (Å²) in [6.45, 7) is 4.43. The molecule has 3 heterocycles. The van der Waals surface area contributed by atoms with Crippen molar-refractivity contribution in [3.05, 3.63) is 114 Å². The van der Waals surface area contributed by atoms with Crippen molar-refractivity contribution in [3.63, 3.8) is 0 Å². The zero-order valence-electron chi connectivity index (χ0n) is 21.4. The van der Waals surface area contributed by atoms with Crippen LogP contribution in [0.1, 0.15) is 17.3 Å². The number of nitrogens with one attached hydrogen (secondary N) is 2. The maximum atomic E-state index is 13.6. The van der Waals surface area contributed by atoms with Crippen molar-refractivity contribution in [1.82, 2.24) is 25.4 Å². The molecular weight excluding hydrogens is 494 g/mol. The number of hydrogen-bond acceptors (Lipinski definition) is 5. The molecule has 9 heteroatoms. The van der Waals surface area contributed by atoms with E-state index in [1.54, 1.807) is 12.3 Å². The Hall–Kier alpha value is -4.92. The second-order valence-corrected chi connectivity index (χ2v) is 9.21. The number of rotatable bonds is 10. The highest BCUT2D eigenvalue weighted by Gasteiger charge is 2.44. The van der Waals surface area contributed by atoms with Crippen molar-refractivity contribution in [2.75, 3.05) is 26.2 Å². The number of benzene rings is 2. The molecule has 9 nitrogen and oxygen atoms in total. The summed E-state index contributed by atoms with van der Waals surface area (Å²) in [5.41, 5.74) is 2.59. The first-order chi connectivity index (χ1) is 19.0. The second kappa shape index (κ2) is 11.6. The van der Waals surface area contributed by atoms with Crippen LogP contribution in [-0.4, -0.2) is 58.8 Å². The van der Waals surface area contributed by atoms with Crippen molar-refractivity contribution in [3.8, 4) is 11.5 Å². The number of aromatic nitrogens is 1. The average Bonchev–Trinajstić information content (AvgIpc) is 3.27. The van der Waals surface area contributed by atoms with E-state index in [-0.39, 0.29) is 37.5 Å². The number of para-hydroxylation sites is 1. The van der Waals surface area contributed by atoms with Gasteiger partial charge in [0.2, 0.25) is 5.91 Å². The monoisotopic (exact) mass is 523 g/mol. The van der Waals surface area contributed by atoms with Crippen LogP contribution in [0.15, 0.2) is 103 Å². The second-order valence-electron chi connectivity index (χ2n) is 9.21. The standard InChI is InChI=1S/C30H29N5O4/c1-2-17-35-25-19-34(20-26(36)32-16-14-22-10-6-7-15-31-22)29(37)27(25)28(33-30(35)38)21-9-8-13-24(18-21)39-23-11-4-3-5-12-23/h2-13,15,18,28H,1,14,16-17,19-20H2,(H,32,36)(H,33,38)/t28-/m0/s1. The van der Waals surface area contributed by atoms with E-state index in [0.29, 0.717) is 41.3 Å². The first-order valence-electron chi connectivity index (χ1n) is 12.7. The zero-order chi connectivity index (χ0) is 27.2. The highest BCUT2D eigenvalue weighted by Crippen LogP contribution is 2.37. The molecule has 2 aromatic carbocycles. The van der Waals surface area contributed by atoms with E-state index in [1.165, 1.54) is 9.80 Å². The van der Waals surface area contributed by atoms with Crippen LogP contribution < -0.4 is 15.4 Å². The summed E-state index contributed by atoms with van der Waals surface area (Å²) in [7, 11) is 0. The molecule has 0 saturated heterocycles. The van der Waals surface area contributed by atoms with Crippen LogP contribution in [0.5, 0.6) is 11.5 Å². The Kier molecular flexibility index (Phi) is 7.68. The summed E-state index contributed by atoms with van der Waals surface area (Å²) < 4.78 is 5.97. The number of pyridine rings is 1. The largest absolute Gasteiger partial charge is 0.457 e. The minimum absolute atomic E-state index is 0.117. The summed E-state index contributed by atoms with van der Waals surface area (Å²) in [5.74, 6) is 0.691. The van der Waals surface area contributed by atoms with Gasteiger partial charge in [0.15, 0.2) is 0 Å². The van der Waals surface area contributed by atoms with E-state index in [9.17, 15) is 14.4 Å². The van der Waals surface area contributed by atoms with Gasteiger partial charge >= 0.3 is 6.03 Å². The molecule has 39 heavy (non-hydrogen) atoms. The first kappa shape index (κ1) is 25.7. The number of amides is 4. The lowest BCUT2D eigenvalue weighted by Gasteiger charge is -2.33. The molecule has 3 aromatic rings. The van der Waals surface area contributed by atoms with E-state index < -0.39 is 6.04 Å². The molecule has 0 saturated carbocycles. The van der Waals surface area contributed by atoms with E-state index in [2.05, 4.69) is 22.2 Å². The summed E-state index contributed by atoms with van der Waals surface area (Å²) >= 11 is 0. The highest BCUT2D eigenvalue weighted by atomic mass is 16.5. The van der Waals surface area contributed by atoms with Crippen molar-refractivity contribution < 1.29 is 19.1 Å². The third kappa shape index (κ3) is 5.82. The molecule has 2 N–H and O–H groups in total. The van der Waals surface area contributed by atoms with Gasteiger partial charge in [0.05, 0.1) is 23.9 Å². The molecular formula is C30H29N5O4. The average molecular weight is 524 g/mol. The van der Waals surface area contributed by atoms with Gasteiger partial charge in [0.25, 0.3) is 5.91 Å². The van der Waals surface area contributed by atoms with Gasteiger partial charge in [-0.15, -0.1) is 6.58 Å². The Morgan fingerprint density at radius 2 is 1.87 bits per heavy atom. The predicted octanol–water partition coefficient (Wildman–Crippen LogP) is 3.58. The fourth-order valence-corrected chi connectivity index (χ4v) is 4.74. The molecule has 198 valence electrons. The molecule has 1 aromatic heterocycles. The van der Waals surface area contributed by atoms with Crippen LogP contribution in [0.3, 0.4) is 0 Å². The number of urea groups is 1. The maximum Gasteiger partial charge on any atom is 0.322 e. The fraction of sp³-hybridized carbons (Fsp3) is 0.200. The molecule has 1 atom stereocenters. The third-order valence-electron chi connectivity index (χ3n) is 6.54. The molecule has 0 aliphatic carbocycles. The lowest BCUT2D eigenvalue weighted by Crippen LogP contribution is -2.47. The zero-order valence-corrected chi connectivity index (χ0v) is 21.4. The maximum absolute atomic E-state index is 13.6. The molecule has 0 bridgehead atoms. The highest BCUT2D eigenvalue weighted by molar-refractivity contribution is 6.03. The molecule has 2 aliphatic rings. The molecule has 4 amide bonds. The lowest BCUT2D eigenvalue weighted by atomic mass is 9.95. The van der Waals surface area contributed by atoms with Gasteiger partial charge in [-0.05, 0) is 42.0 Å². The summed E-state index contributed by atoms with van der Waals surface area (Å²) in [6, 6.07) is 21.3. The molecule has 5 rings (SSSR count). The Morgan fingerprint density at radius 1 is 1.08 bits per heavy atom. The van der Waals surface area contributed by atoms with Crippen molar-refractivity contribution in [2.24, 2.45) is 0 Å². The molecule has 0 fully saturated rings. The van der Waals surface area contributed by atoms with Gasteiger partial charge in [-0.2, -0.15) is 0 Å². The number of hydrogen-bond donors (Lipinski definition) is 2. The smallest absolute Gasteiger partial charge is 0.322 e. The summed E-state index contributed by atoms with van der Waals surface area (Å²) in [5, 5.41) is 5.82. The minimum atomic E-state index is -0.683. The van der Waals surface area contributed by atoms with Crippen LogP contribution in [-0.2, 0) is 16.0 Å². The summed E-state index contributed by atoms with van der Waals surface area (Å²) in [6.07, 6.45) is 3.90. The molecule has 0 radical (unpaired) electrons. The summed E-state index contributed by atoms with van der Waals surface area (Å²) in [4.78, 5) is 46.6.